The first-order valence-electron chi connectivity index (χ1n) is 11.0. The van der Waals surface area contributed by atoms with E-state index in [2.05, 4.69) is 21.7 Å². The molecule has 190 valence electrons. The van der Waals surface area contributed by atoms with E-state index < -0.39 is 39.9 Å². The minimum Gasteiger partial charge on any atom is -0.505 e. The molecule has 1 aromatic carbocycles. The van der Waals surface area contributed by atoms with Crippen LogP contribution < -0.4 is 20.9 Å². The Labute approximate surface area is 214 Å². The fourth-order valence-corrected chi connectivity index (χ4v) is 3.91. The van der Waals surface area contributed by atoms with Gasteiger partial charge in [0.1, 0.15) is 22.4 Å². The number of ether oxygens (including phenoxy) is 1. The molecule has 0 saturated carbocycles. The van der Waals surface area contributed by atoms with E-state index in [4.69, 9.17) is 16.3 Å². The van der Waals surface area contributed by atoms with Gasteiger partial charge in [0.05, 0.1) is 22.7 Å². The topological polar surface area (TPSA) is 146 Å². The van der Waals surface area contributed by atoms with E-state index in [9.17, 15) is 29.1 Å². The summed E-state index contributed by atoms with van der Waals surface area (Å²) in [4.78, 5) is 42.9. The molecule has 37 heavy (non-hydrogen) atoms. The van der Waals surface area contributed by atoms with Crippen LogP contribution in [-0.2, 0) is 11.2 Å². The van der Waals surface area contributed by atoms with Gasteiger partial charge in [0.2, 0.25) is 5.76 Å². The highest BCUT2D eigenvalue weighted by Gasteiger charge is 2.31. The summed E-state index contributed by atoms with van der Waals surface area (Å²) in [6.45, 7) is 3.27. The summed E-state index contributed by atoms with van der Waals surface area (Å²) >= 11 is 5.91. The number of carbonyl (C=O) groups is 2. The van der Waals surface area contributed by atoms with E-state index in [1.807, 2.05) is 0 Å². The predicted molar refractivity (Wildman–Crippen MR) is 133 cm³/mol. The van der Waals surface area contributed by atoms with Crippen LogP contribution in [0.5, 0.6) is 11.5 Å². The van der Waals surface area contributed by atoms with Crippen LogP contribution in [0.25, 0.3) is 17.2 Å². The van der Waals surface area contributed by atoms with Gasteiger partial charge in [-0.2, -0.15) is 5.26 Å². The molecule has 3 N–H and O–H groups in total. The molecular weight excluding hydrogens is 505 g/mol. The molecule has 10 nitrogen and oxygen atoms in total. The molecule has 2 aromatic heterocycles. The number of pyridine rings is 2. The molecule has 0 atom stereocenters. The van der Waals surface area contributed by atoms with Crippen LogP contribution in [0.4, 0.5) is 4.39 Å². The van der Waals surface area contributed by atoms with Gasteiger partial charge in [-0.3, -0.25) is 23.9 Å². The summed E-state index contributed by atoms with van der Waals surface area (Å²) in [5, 5.41) is 24.8. The van der Waals surface area contributed by atoms with Crippen LogP contribution in [-0.4, -0.2) is 40.1 Å². The van der Waals surface area contributed by atoms with E-state index >= 15 is 0 Å². The Balaban J connectivity index is 1.90. The number of nitrogens with one attached hydrogen (secondary N) is 2. The molecule has 0 bridgehead atoms. The standard InChI is InChI=1S/C25H21ClFN5O5/c1-25(2,10-28)11-31-22(34)16-9-32-19-18(20(33)17(24(32)36)23(35)29-3)30-8-13(21(19)37-16)6-12-4-5-15(27)14(26)7-12/h4-5,7-9,33H,6,11H2,1-3H3,(H,29,35)(H,31,34). The van der Waals surface area contributed by atoms with E-state index in [0.717, 1.165) is 10.8 Å². The highest BCUT2D eigenvalue weighted by Crippen LogP contribution is 2.38. The molecule has 2 amide bonds. The van der Waals surface area contributed by atoms with Gasteiger partial charge in [-0.25, -0.2) is 4.39 Å². The number of aromatic hydroxyl groups is 1. The number of nitrogens with zero attached hydrogens (tertiary/aromatic N) is 3. The smallest absolute Gasteiger partial charge is 0.288 e. The predicted octanol–water partition coefficient (Wildman–Crippen LogP) is 2.70. The van der Waals surface area contributed by atoms with Crippen LogP contribution in [0.2, 0.25) is 5.02 Å². The Morgan fingerprint density at radius 3 is 2.70 bits per heavy atom. The van der Waals surface area contributed by atoms with Crippen molar-refractivity contribution in [1.82, 2.24) is 20.2 Å². The molecule has 0 fully saturated rings. The van der Waals surface area contributed by atoms with Gasteiger partial charge < -0.3 is 20.5 Å². The van der Waals surface area contributed by atoms with Crippen LogP contribution in [0, 0.1) is 22.6 Å². The maximum absolute atomic E-state index is 13.7. The monoisotopic (exact) mass is 525 g/mol. The Kier molecular flexibility index (Phi) is 6.62. The molecule has 0 spiro atoms. The number of rotatable bonds is 6. The zero-order valence-electron chi connectivity index (χ0n) is 20.0. The Hall–Kier alpha value is -4.43. The molecule has 0 aliphatic carbocycles. The van der Waals surface area contributed by atoms with Crippen molar-refractivity contribution in [1.29, 1.82) is 5.26 Å². The largest absolute Gasteiger partial charge is 0.505 e. The van der Waals surface area contributed by atoms with Crippen LogP contribution in [0.3, 0.4) is 0 Å². The van der Waals surface area contributed by atoms with Crippen molar-refractivity contribution in [3.8, 4) is 17.6 Å². The maximum Gasteiger partial charge on any atom is 0.288 e. The second kappa shape index (κ2) is 9.55. The molecule has 3 heterocycles. The minimum absolute atomic E-state index is 0.00342. The Morgan fingerprint density at radius 2 is 2.05 bits per heavy atom. The van der Waals surface area contributed by atoms with Gasteiger partial charge >= 0.3 is 0 Å². The average Bonchev–Trinajstić information content (AvgIpc) is 2.88. The zero-order chi connectivity index (χ0) is 27.1. The van der Waals surface area contributed by atoms with Crippen LogP contribution >= 0.6 is 11.6 Å². The number of amides is 2. The first kappa shape index (κ1) is 25.7. The first-order chi connectivity index (χ1) is 17.5. The number of nitriles is 1. The van der Waals surface area contributed by atoms with Crippen molar-refractivity contribution in [3.63, 3.8) is 0 Å². The lowest BCUT2D eigenvalue weighted by molar-refractivity contribution is -0.119. The van der Waals surface area contributed by atoms with Crippen molar-refractivity contribution in [2.24, 2.45) is 5.41 Å². The SMILES string of the molecule is CNC(=O)c1c(O)c2ncc(Cc3ccc(F)c(Cl)c3)c3c2n(c1=O)C=C(C(=O)NCC(C)(C)C#N)O3. The van der Waals surface area contributed by atoms with Gasteiger partial charge in [0.25, 0.3) is 17.4 Å². The van der Waals surface area contributed by atoms with Crippen molar-refractivity contribution in [3.05, 3.63) is 68.0 Å². The average molecular weight is 526 g/mol. The fourth-order valence-electron chi connectivity index (χ4n) is 3.71. The highest BCUT2D eigenvalue weighted by molar-refractivity contribution is 6.30. The Morgan fingerprint density at radius 1 is 1.32 bits per heavy atom. The summed E-state index contributed by atoms with van der Waals surface area (Å²) in [6, 6.07) is 6.20. The summed E-state index contributed by atoms with van der Waals surface area (Å²) in [5.74, 6) is -3.05. The molecule has 12 heteroatoms. The summed E-state index contributed by atoms with van der Waals surface area (Å²) in [7, 11) is 1.30. The van der Waals surface area contributed by atoms with Gasteiger partial charge in [-0.1, -0.05) is 17.7 Å². The van der Waals surface area contributed by atoms with Gasteiger partial charge in [0.15, 0.2) is 11.5 Å². The molecule has 0 radical (unpaired) electrons. The highest BCUT2D eigenvalue weighted by atomic mass is 35.5. The van der Waals surface area contributed by atoms with E-state index in [1.165, 1.54) is 31.4 Å². The third kappa shape index (κ3) is 4.71. The number of halogens is 2. The molecule has 1 aliphatic heterocycles. The number of carbonyl (C=O) groups excluding carboxylic acids is 2. The van der Waals surface area contributed by atoms with Crippen LogP contribution in [0.1, 0.15) is 35.3 Å². The van der Waals surface area contributed by atoms with E-state index in [-0.39, 0.29) is 40.5 Å². The molecule has 0 saturated heterocycles. The number of benzene rings is 1. The zero-order valence-corrected chi connectivity index (χ0v) is 20.7. The molecule has 1 aliphatic rings. The maximum atomic E-state index is 13.7. The van der Waals surface area contributed by atoms with Gasteiger partial charge in [0, 0.05) is 31.8 Å². The summed E-state index contributed by atoms with van der Waals surface area (Å²) in [6.07, 6.45) is 2.58. The Bertz CT molecular complexity index is 1610. The van der Waals surface area contributed by atoms with Crippen LogP contribution in [0.15, 0.2) is 34.9 Å². The number of aromatic nitrogens is 2. The van der Waals surface area contributed by atoms with Crippen molar-refractivity contribution in [2.45, 2.75) is 20.3 Å². The second-order valence-electron chi connectivity index (χ2n) is 8.99. The molecule has 4 rings (SSSR count). The van der Waals surface area contributed by atoms with Gasteiger partial charge in [-0.05, 0) is 31.5 Å². The fraction of sp³-hybridized carbons (Fsp3) is 0.240. The normalized spacial score (nSPS) is 12.4. The number of hydrogen-bond acceptors (Lipinski definition) is 7. The lowest BCUT2D eigenvalue weighted by atomic mass is 9.96. The molecule has 3 aromatic rings. The minimum atomic E-state index is -0.902. The van der Waals surface area contributed by atoms with Gasteiger partial charge in [-0.15, -0.1) is 0 Å². The van der Waals surface area contributed by atoms with Crippen molar-refractivity contribution in [2.75, 3.05) is 13.6 Å². The first-order valence-corrected chi connectivity index (χ1v) is 11.4. The molecular formula is C25H21ClFN5O5. The summed E-state index contributed by atoms with van der Waals surface area (Å²) < 4.78 is 20.6. The van der Waals surface area contributed by atoms with Crippen molar-refractivity contribution < 1.29 is 23.8 Å². The third-order valence-corrected chi connectivity index (χ3v) is 6.01. The molecule has 0 unspecified atom stereocenters. The quantitative estimate of drug-likeness (QED) is 0.448. The summed E-state index contributed by atoms with van der Waals surface area (Å²) in [5.41, 5.74) is -1.41. The lowest BCUT2D eigenvalue weighted by Gasteiger charge is -2.23. The third-order valence-electron chi connectivity index (χ3n) is 5.72. The number of hydrogen-bond donors (Lipinski definition) is 3. The van der Waals surface area contributed by atoms with E-state index in [1.54, 1.807) is 13.8 Å². The van der Waals surface area contributed by atoms with E-state index in [0.29, 0.717) is 11.1 Å². The second-order valence-corrected chi connectivity index (χ2v) is 9.39. The lowest BCUT2D eigenvalue weighted by Crippen LogP contribution is -2.37. The van der Waals surface area contributed by atoms with Crippen molar-refractivity contribution >= 4 is 40.6 Å².